The first kappa shape index (κ1) is 19.8. The maximum Gasteiger partial charge on any atom is 0.255 e. The molecule has 2 aromatic carbocycles. The molecule has 2 N–H and O–H groups in total. The topological polar surface area (TPSA) is 76.7 Å². The van der Waals surface area contributed by atoms with Crippen molar-refractivity contribution in [2.45, 2.75) is 13.8 Å². The fourth-order valence-corrected chi connectivity index (χ4v) is 2.93. The summed E-state index contributed by atoms with van der Waals surface area (Å²) in [6, 6.07) is 8.42. The maximum atomic E-state index is 12.7. The first-order valence-corrected chi connectivity index (χ1v) is 8.85. The summed E-state index contributed by atoms with van der Waals surface area (Å²) < 4.78 is 11.5. The molecule has 138 valence electrons. The van der Waals surface area contributed by atoms with Gasteiger partial charge in [0.1, 0.15) is 0 Å². The molecule has 2 aromatic rings. The number of ether oxygens (including phenoxy) is 2. The van der Waals surface area contributed by atoms with Crippen LogP contribution in [0.1, 0.15) is 33.2 Å². The number of hydrogen-bond donors (Lipinski definition) is 2. The van der Waals surface area contributed by atoms with Crippen LogP contribution in [0.3, 0.4) is 0 Å². The van der Waals surface area contributed by atoms with Gasteiger partial charge in [0.15, 0.2) is 11.5 Å². The van der Waals surface area contributed by atoms with E-state index in [2.05, 4.69) is 26.6 Å². The fraction of sp³-hybridized carbons (Fsp3) is 0.263. The van der Waals surface area contributed by atoms with Gasteiger partial charge in [-0.25, -0.2) is 0 Å². The molecule has 0 unspecified atom stereocenters. The van der Waals surface area contributed by atoms with Gasteiger partial charge in [0.25, 0.3) is 11.8 Å². The number of hydrogen-bond acceptors (Lipinski definition) is 4. The summed E-state index contributed by atoms with van der Waals surface area (Å²) in [7, 11) is 3.08. The first-order valence-electron chi connectivity index (χ1n) is 8.05. The van der Waals surface area contributed by atoms with E-state index >= 15 is 0 Å². The number of aryl methyl sites for hydroxylation is 1. The lowest BCUT2D eigenvalue weighted by molar-refractivity contribution is 0.0961. The molecule has 0 spiro atoms. The van der Waals surface area contributed by atoms with Gasteiger partial charge in [-0.05, 0) is 59.6 Å². The molecular formula is C19H21BrN2O4. The zero-order valence-corrected chi connectivity index (χ0v) is 16.7. The Morgan fingerprint density at radius 3 is 2.46 bits per heavy atom. The molecule has 2 rings (SSSR count). The van der Waals surface area contributed by atoms with Crippen LogP contribution in [0, 0.1) is 6.92 Å². The highest BCUT2D eigenvalue weighted by Gasteiger charge is 2.16. The Morgan fingerprint density at radius 2 is 1.85 bits per heavy atom. The number of halogens is 1. The normalized spacial score (nSPS) is 10.2. The standard InChI is InChI=1S/C19H21BrN2O4/c1-5-26-17-14(20)8-13(10-16(17)25-4)19(24)22-15-9-12(18(23)21-3)7-6-11(15)2/h6-10H,5H2,1-4H3,(H,21,23)(H,22,24). The van der Waals surface area contributed by atoms with Crippen LogP contribution >= 0.6 is 15.9 Å². The maximum absolute atomic E-state index is 12.7. The average molecular weight is 421 g/mol. The molecule has 0 fully saturated rings. The van der Waals surface area contributed by atoms with Gasteiger partial charge in [-0.1, -0.05) is 6.07 Å². The minimum Gasteiger partial charge on any atom is -0.493 e. The van der Waals surface area contributed by atoms with E-state index in [4.69, 9.17) is 9.47 Å². The second-order valence-electron chi connectivity index (χ2n) is 5.49. The number of benzene rings is 2. The van der Waals surface area contributed by atoms with Gasteiger partial charge in [-0.2, -0.15) is 0 Å². The zero-order valence-electron chi connectivity index (χ0n) is 15.1. The molecule has 0 saturated carbocycles. The van der Waals surface area contributed by atoms with E-state index in [9.17, 15) is 9.59 Å². The first-order chi connectivity index (χ1) is 12.4. The average Bonchev–Trinajstić information content (AvgIpc) is 2.64. The molecule has 0 bridgehead atoms. The van der Waals surface area contributed by atoms with E-state index in [0.717, 1.165) is 5.56 Å². The molecule has 0 atom stereocenters. The molecule has 0 radical (unpaired) electrons. The number of carbonyl (C=O) groups excluding carboxylic acids is 2. The summed E-state index contributed by atoms with van der Waals surface area (Å²) in [5.74, 6) is 0.474. The van der Waals surface area contributed by atoms with E-state index in [-0.39, 0.29) is 11.8 Å². The van der Waals surface area contributed by atoms with Crippen molar-refractivity contribution in [3.8, 4) is 11.5 Å². The fourth-order valence-electron chi connectivity index (χ4n) is 2.37. The van der Waals surface area contributed by atoms with Crippen LogP contribution in [-0.2, 0) is 0 Å². The lowest BCUT2D eigenvalue weighted by atomic mass is 10.1. The van der Waals surface area contributed by atoms with Crippen molar-refractivity contribution in [3.63, 3.8) is 0 Å². The SMILES string of the molecule is CCOc1c(Br)cc(C(=O)Nc2cc(C(=O)NC)ccc2C)cc1OC. The van der Waals surface area contributed by atoms with Gasteiger partial charge in [-0.3, -0.25) is 9.59 Å². The molecule has 0 aliphatic carbocycles. The second kappa shape index (κ2) is 8.71. The van der Waals surface area contributed by atoms with Crippen LogP contribution in [0.2, 0.25) is 0 Å². The number of amides is 2. The van der Waals surface area contributed by atoms with E-state index in [1.807, 2.05) is 13.8 Å². The van der Waals surface area contributed by atoms with Crippen LogP contribution in [0.4, 0.5) is 5.69 Å². The molecule has 7 heteroatoms. The third-order valence-electron chi connectivity index (χ3n) is 3.76. The lowest BCUT2D eigenvalue weighted by Crippen LogP contribution is -2.19. The molecule has 0 saturated heterocycles. The third kappa shape index (κ3) is 4.35. The Bertz CT molecular complexity index is 837. The Kier molecular flexibility index (Phi) is 6.63. The summed E-state index contributed by atoms with van der Waals surface area (Å²) in [5.41, 5.74) is 2.30. The predicted molar refractivity (Wildman–Crippen MR) is 104 cm³/mol. The number of nitrogens with one attached hydrogen (secondary N) is 2. The monoisotopic (exact) mass is 420 g/mol. The van der Waals surface area contributed by atoms with E-state index < -0.39 is 0 Å². The Morgan fingerprint density at radius 1 is 1.12 bits per heavy atom. The van der Waals surface area contributed by atoms with E-state index in [0.29, 0.717) is 39.4 Å². The Labute approximate surface area is 161 Å². The lowest BCUT2D eigenvalue weighted by Gasteiger charge is -2.14. The van der Waals surface area contributed by atoms with Crippen LogP contribution in [-0.4, -0.2) is 32.6 Å². The summed E-state index contributed by atoms with van der Waals surface area (Å²) >= 11 is 3.41. The highest BCUT2D eigenvalue weighted by Crippen LogP contribution is 2.36. The summed E-state index contributed by atoms with van der Waals surface area (Å²) in [4.78, 5) is 24.5. The van der Waals surface area contributed by atoms with Gasteiger partial charge >= 0.3 is 0 Å². The van der Waals surface area contributed by atoms with Crippen molar-refractivity contribution >= 4 is 33.4 Å². The highest BCUT2D eigenvalue weighted by atomic mass is 79.9. The van der Waals surface area contributed by atoms with Gasteiger partial charge in [0, 0.05) is 23.9 Å². The Hall–Kier alpha value is -2.54. The zero-order chi connectivity index (χ0) is 19.3. The van der Waals surface area contributed by atoms with Crippen molar-refractivity contribution < 1.29 is 19.1 Å². The van der Waals surface area contributed by atoms with Gasteiger partial charge in [0.2, 0.25) is 0 Å². The van der Waals surface area contributed by atoms with Gasteiger partial charge < -0.3 is 20.1 Å². The third-order valence-corrected chi connectivity index (χ3v) is 4.34. The Balaban J connectivity index is 2.33. The van der Waals surface area contributed by atoms with E-state index in [1.54, 1.807) is 37.4 Å². The van der Waals surface area contributed by atoms with Crippen LogP contribution in [0.15, 0.2) is 34.8 Å². The number of carbonyl (C=O) groups is 2. The van der Waals surface area contributed by atoms with Crippen molar-refractivity contribution in [3.05, 3.63) is 51.5 Å². The van der Waals surface area contributed by atoms with Crippen molar-refractivity contribution in [2.24, 2.45) is 0 Å². The molecule has 2 amide bonds. The summed E-state index contributed by atoms with van der Waals surface area (Å²) in [6.45, 7) is 4.21. The quantitative estimate of drug-likeness (QED) is 0.745. The molecule has 26 heavy (non-hydrogen) atoms. The summed E-state index contributed by atoms with van der Waals surface area (Å²) in [6.07, 6.45) is 0. The molecule has 6 nitrogen and oxygen atoms in total. The molecule has 0 aliphatic heterocycles. The van der Waals surface area contributed by atoms with Crippen LogP contribution < -0.4 is 20.1 Å². The summed E-state index contributed by atoms with van der Waals surface area (Å²) in [5, 5.41) is 5.41. The molecular weight excluding hydrogens is 400 g/mol. The highest BCUT2D eigenvalue weighted by molar-refractivity contribution is 9.10. The van der Waals surface area contributed by atoms with Crippen LogP contribution in [0.5, 0.6) is 11.5 Å². The van der Waals surface area contributed by atoms with Gasteiger partial charge in [0.05, 0.1) is 18.2 Å². The molecule has 0 aliphatic rings. The predicted octanol–water partition coefficient (Wildman–Crippen LogP) is 3.78. The number of rotatable bonds is 6. The number of anilines is 1. The minimum atomic E-state index is -0.316. The van der Waals surface area contributed by atoms with E-state index in [1.165, 1.54) is 7.11 Å². The van der Waals surface area contributed by atoms with Crippen LogP contribution in [0.25, 0.3) is 0 Å². The van der Waals surface area contributed by atoms with Gasteiger partial charge in [-0.15, -0.1) is 0 Å². The number of methoxy groups -OCH3 is 1. The van der Waals surface area contributed by atoms with Crippen molar-refractivity contribution in [2.75, 3.05) is 26.1 Å². The smallest absolute Gasteiger partial charge is 0.255 e. The van der Waals surface area contributed by atoms with Crippen molar-refractivity contribution in [1.29, 1.82) is 0 Å². The largest absolute Gasteiger partial charge is 0.493 e. The van der Waals surface area contributed by atoms with Crippen molar-refractivity contribution in [1.82, 2.24) is 5.32 Å². The minimum absolute atomic E-state index is 0.217. The molecule has 0 aromatic heterocycles. The molecule has 0 heterocycles. The second-order valence-corrected chi connectivity index (χ2v) is 6.34.